The van der Waals surface area contributed by atoms with E-state index in [9.17, 15) is 9.59 Å². The van der Waals surface area contributed by atoms with Crippen LogP contribution in [0.25, 0.3) is 16.7 Å². The van der Waals surface area contributed by atoms with Gasteiger partial charge in [-0.05, 0) is 35.9 Å². The van der Waals surface area contributed by atoms with Gasteiger partial charge in [-0.25, -0.2) is 9.78 Å². The number of aromatic nitrogens is 2. The average Bonchev–Trinajstić information content (AvgIpc) is 3.25. The fourth-order valence-electron chi connectivity index (χ4n) is 2.73. The maximum absolute atomic E-state index is 12.0. The molecular formula is C21H17N3O4. The minimum atomic E-state index is -0.429. The number of carbonyl (C=O) groups excluding carboxylic acids is 1. The van der Waals surface area contributed by atoms with Crippen LogP contribution in [0.5, 0.6) is 5.75 Å². The predicted octanol–water partition coefficient (Wildman–Crippen LogP) is 2.67. The molecule has 7 heteroatoms. The molecule has 140 valence electrons. The third-order valence-corrected chi connectivity index (χ3v) is 4.19. The molecule has 0 aliphatic heterocycles. The molecule has 0 unspecified atom stereocenters. The van der Waals surface area contributed by atoms with Gasteiger partial charge in [0.15, 0.2) is 6.61 Å². The van der Waals surface area contributed by atoms with Crippen molar-refractivity contribution in [2.45, 2.75) is 6.54 Å². The Hall–Kier alpha value is -3.87. The Balaban J connectivity index is 1.30. The summed E-state index contributed by atoms with van der Waals surface area (Å²) in [6.07, 6.45) is 5.31. The highest BCUT2D eigenvalue weighted by Gasteiger charge is 2.05. The highest BCUT2D eigenvalue weighted by atomic mass is 16.5. The van der Waals surface area contributed by atoms with Crippen LogP contribution >= 0.6 is 0 Å². The Kier molecular flexibility index (Phi) is 4.88. The van der Waals surface area contributed by atoms with Crippen molar-refractivity contribution in [3.8, 4) is 11.4 Å². The van der Waals surface area contributed by atoms with E-state index in [0.29, 0.717) is 17.9 Å². The number of nitrogens with one attached hydrogen (secondary N) is 1. The quantitative estimate of drug-likeness (QED) is 0.524. The molecule has 0 atom stereocenters. The van der Waals surface area contributed by atoms with E-state index < -0.39 is 5.63 Å². The first-order valence-electron chi connectivity index (χ1n) is 8.68. The number of carbonyl (C=O) groups is 1. The molecule has 0 aliphatic carbocycles. The van der Waals surface area contributed by atoms with Crippen LogP contribution < -0.4 is 15.7 Å². The molecule has 1 N–H and O–H groups in total. The first-order chi connectivity index (χ1) is 13.7. The molecule has 1 amide bonds. The highest BCUT2D eigenvalue weighted by Crippen LogP contribution is 2.19. The van der Waals surface area contributed by atoms with Crippen LogP contribution in [0, 0.1) is 0 Å². The fraction of sp³-hybridized carbons (Fsp3) is 0.0952. The maximum Gasteiger partial charge on any atom is 0.336 e. The normalized spacial score (nSPS) is 10.7. The summed E-state index contributed by atoms with van der Waals surface area (Å²) in [5, 5.41) is 3.60. The molecule has 4 rings (SSSR count). The van der Waals surface area contributed by atoms with Crippen molar-refractivity contribution in [1.82, 2.24) is 14.9 Å². The van der Waals surface area contributed by atoms with E-state index in [1.165, 1.54) is 6.07 Å². The summed E-state index contributed by atoms with van der Waals surface area (Å²) in [7, 11) is 0. The second kappa shape index (κ2) is 7.79. The minimum Gasteiger partial charge on any atom is -0.484 e. The number of hydrogen-bond acceptors (Lipinski definition) is 5. The van der Waals surface area contributed by atoms with Gasteiger partial charge in [0.1, 0.15) is 11.3 Å². The summed E-state index contributed by atoms with van der Waals surface area (Å²) in [6.45, 7) is 0.273. The Morgan fingerprint density at radius 2 is 1.93 bits per heavy atom. The van der Waals surface area contributed by atoms with Crippen molar-refractivity contribution in [3.05, 3.63) is 89.3 Å². The average molecular weight is 375 g/mol. The van der Waals surface area contributed by atoms with E-state index in [2.05, 4.69) is 10.3 Å². The number of ether oxygens (including phenoxy) is 1. The topological polar surface area (TPSA) is 86.4 Å². The van der Waals surface area contributed by atoms with Gasteiger partial charge >= 0.3 is 5.63 Å². The van der Waals surface area contributed by atoms with Crippen molar-refractivity contribution in [3.63, 3.8) is 0 Å². The largest absolute Gasteiger partial charge is 0.484 e. The van der Waals surface area contributed by atoms with Crippen molar-refractivity contribution in [2.24, 2.45) is 0 Å². The first-order valence-corrected chi connectivity index (χ1v) is 8.68. The van der Waals surface area contributed by atoms with Crippen LogP contribution in [-0.2, 0) is 11.3 Å². The molecule has 2 aromatic heterocycles. The molecule has 0 saturated heterocycles. The lowest BCUT2D eigenvalue weighted by molar-refractivity contribution is -0.123. The van der Waals surface area contributed by atoms with Gasteiger partial charge in [-0.15, -0.1) is 0 Å². The number of amides is 1. The van der Waals surface area contributed by atoms with E-state index in [0.717, 1.165) is 16.6 Å². The number of nitrogens with zero attached hydrogens (tertiary/aromatic N) is 2. The van der Waals surface area contributed by atoms with Crippen LogP contribution in [0.4, 0.5) is 0 Å². The Morgan fingerprint density at radius 3 is 2.71 bits per heavy atom. The first kappa shape index (κ1) is 17.5. The zero-order valence-corrected chi connectivity index (χ0v) is 14.9. The van der Waals surface area contributed by atoms with E-state index >= 15 is 0 Å². The number of hydrogen-bond donors (Lipinski definition) is 1. The second-order valence-corrected chi connectivity index (χ2v) is 6.16. The second-order valence-electron chi connectivity index (χ2n) is 6.16. The van der Waals surface area contributed by atoms with Gasteiger partial charge in [0.05, 0.1) is 6.33 Å². The van der Waals surface area contributed by atoms with Crippen molar-refractivity contribution < 1.29 is 13.9 Å². The molecule has 0 bridgehead atoms. The van der Waals surface area contributed by atoms with E-state index in [4.69, 9.17) is 9.15 Å². The van der Waals surface area contributed by atoms with Crippen LogP contribution in [0.2, 0.25) is 0 Å². The summed E-state index contributed by atoms with van der Waals surface area (Å²) < 4.78 is 12.5. The van der Waals surface area contributed by atoms with Gasteiger partial charge in [0.25, 0.3) is 5.91 Å². The fourth-order valence-corrected chi connectivity index (χ4v) is 2.73. The Labute approximate surface area is 160 Å². The maximum atomic E-state index is 12.0. The molecule has 28 heavy (non-hydrogen) atoms. The summed E-state index contributed by atoms with van der Waals surface area (Å²) in [4.78, 5) is 27.3. The van der Waals surface area contributed by atoms with Gasteiger partial charge in [0, 0.05) is 42.1 Å². The zero-order valence-electron chi connectivity index (χ0n) is 14.9. The molecule has 0 aliphatic rings. The summed E-state index contributed by atoms with van der Waals surface area (Å²) in [5.74, 6) is 0.218. The third kappa shape index (κ3) is 4.09. The molecule has 2 heterocycles. The van der Waals surface area contributed by atoms with Crippen LogP contribution in [0.3, 0.4) is 0 Å². The molecule has 2 aromatic carbocycles. The predicted molar refractivity (Wildman–Crippen MR) is 103 cm³/mol. The van der Waals surface area contributed by atoms with E-state index in [1.54, 1.807) is 36.8 Å². The van der Waals surface area contributed by atoms with Crippen LogP contribution in [0.1, 0.15) is 5.56 Å². The van der Waals surface area contributed by atoms with E-state index in [-0.39, 0.29) is 12.5 Å². The number of benzene rings is 2. The summed E-state index contributed by atoms with van der Waals surface area (Å²) >= 11 is 0. The SMILES string of the molecule is O=C(COc1ccc2ccc(=O)oc2c1)NCc1ccc(-n2ccnc2)cc1. The van der Waals surface area contributed by atoms with Gasteiger partial charge in [-0.3, -0.25) is 4.79 Å². The Bertz CT molecular complexity index is 1150. The lowest BCUT2D eigenvalue weighted by Crippen LogP contribution is -2.28. The molecule has 0 fully saturated rings. The molecule has 7 nitrogen and oxygen atoms in total. The lowest BCUT2D eigenvalue weighted by Gasteiger charge is -2.09. The Morgan fingerprint density at radius 1 is 1.11 bits per heavy atom. The molecular weight excluding hydrogens is 358 g/mol. The number of rotatable bonds is 6. The van der Waals surface area contributed by atoms with Gasteiger partial charge in [-0.2, -0.15) is 0 Å². The van der Waals surface area contributed by atoms with Crippen LogP contribution in [0.15, 0.2) is 82.5 Å². The monoisotopic (exact) mass is 375 g/mol. The zero-order chi connectivity index (χ0) is 19.3. The molecule has 4 aromatic rings. The standard InChI is InChI=1S/C21H17N3O4/c25-20(13-27-18-7-3-16-4-8-21(26)28-19(16)11-18)23-12-15-1-5-17(6-2-15)24-10-9-22-14-24/h1-11,14H,12-13H2,(H,23,25). The molecule has 0 saturated carbocycles. The van der Waals surface area contributed by atoms with E-state index in [1.807, 2.05) is 35.0 Å². The van der Waals surface area contributed by atoms with Gasteiger partial charge < -0.3 is 19.0 Å². The van der Waals surface area contributed by atoms with Gasteiger partial charge in [0.2, 0.25) is 0 Å². The molecule has 0 radical (unpaired) electrons. The number of imidazole rings is 1. The lowest BCUT2D eigenvalue weighted by atomic mass is 10.2. The van der Waals surface area contributed by atoms with Gasteiger partial charge in [-0.1, -0.05) is 12.1 Å². The number of fused-ring (bicyclic) bond motifs is 1. The summed E-state index contributed by atoms with van der Waals surface area (Å²) in [6, 6.07) is 15.9. The van der Waals surface area contributed by atoms with Crippen LogP contribution in [-0.4, -0.2) is 22.1 Å². The third-order valence-electron chi connectivity index (χ3n) is 4.19. The minimum absolute atomic E-state index is 0.129. The summed E-state index contributed by atoms with van der Waals surface area (Å²) in [5.41, 5.74) is 1.97. The highest BCUT2D eigenvalue weighted by molar-refractivity contribution is 5.79. The smallest absolute Gasteiger partial charge is 0.336 e. The molecule has 0 spiro atoms. The van der Waals surface area contributed by atoms with Crippen molar-refractivity contribution in [2.75, 3.05) is 6.61 Å². The van der Waals surface area contributed by atoms with Crippen molar-refractivity contribution in [1.29, 1.82) is 0 Å². The van der Waals surface area contributed by atoms with Crippen molar-refractivity contribution >= 4 is 16.9 Å².